The molecule has 0 aliphatic heterocycles. The number of benzene rings is 2. The van der Waals surface area contributed by atoms with E-state index in [1.165, 1.54) is 18.1 Å². The fourth-order valence-electron chi connectivity index (χ4n) is 3.24. The van der Waals surface area contributed by atoms with Crippen molar-refractivity contribution < 1.29 is 9.53 Å². The van der Waals surface area contributed by atoms with E-state index in [9.17, 15) is 4.79 Å². The van der Waals surface area contributed by atoms with Gasteiger partial charge in [0, 0.05) is 22.5 Å². The predicted octanol–water partition coefficient (Wildman–Crippen LogP) is 5.70. The SMILES string of the molecule is CCOC(=O)CSc1ncnc2c1c(-c1ccccc1)cn2-c1ccc(C)c(Cl)c1. The second kappa shape index (κ2) is 8.90. The first-order valence-electron chi connectivity index (χ1n) is 9.55. The summed E-state index contributed by atoms with van der Waals surface area (Å²) in [5.41, 5.74) is 4.73. The number of carbonyl (C=O) groups excluding carboxylic acids is 1. The Morgan fingerprint density at radius 2 is 1.97 bits per heavy atom. The minimum atomic E-state index is -0.264. The third-order valence-corrected chi connectivity index (χ3v) is 6.07. The average Bonchev–Trinajstić information content (AvgIpc) is 3.15. The lowest BCUT2D eigenvalue weighted by molar-refractivity contribution is -0.139. The van der Waals surface area contributed by atoms with Crippen LogP contribution in [-0.4, -0.2) is 32.9 Å². The molecule has 0 amide bonds. The van der Waals surface area contributed by atoms with E-state index in [1.807, 2.05) is 66.2 Å². The van der Waals surface area contributed by atoms with E-state index in [0.29, 0.717) is 11.6 Å². The predicted molar refractivity (Wildman–Crippen MR) is 121 cm³/mol. The first kappa shape index (κ1) is 20.4. The van der Waals surface area contributed by atoms with Crippen molar-refractivity contribution in [1.82, 2.24) is 14.5 Å². The van der Waals surface area contributed by atoms with Crippen LogP contribution < -0.4 is 0 Å². The smallest absolute Gasteiger partial charge is 0.316 e. The molecule has 0 fully saturated rings. The van der Waals surface area contributed by atoms with E-state index in [4.69, 9.17) is 16.3 Å². The second-order valence-electron chi connectivity index (χ2n) is 6.68. The summed E-state index contributed by atoms with van der Waals surface area (Å²) < 4.78 is 7.08. The van der Waals surface area contributed by atoms with Crippen molar-refractivity contribution in [2.75, 3.05) is 12.4 Å². The summed E-state index contributed by atoms with van der Waals surface area (Å²) in [7, 11) is 0. The molecule has 5 nitrogen and oxygen atoms in total. The van der Waals surface area contributed by atoms with Gasteiger partial charge < -0.3 is 9.30 Å². The van der Waals surface area contributed by atoms with Crippen molar-refractivity contribution in [1.29, 1.82) is 0 Å². The molecule has 0 saturated heterocycles. The van der Waals surface area contributed by atoms with E-state index in [0.717, 1.165) is 38.4 Å². The van der Waals surface area contributed by atoms with Crippen molar-refractivity contribution in [3.63, 3.8) is 0 Å². The second-order valence-corrected chi connectivity index (χ2v) is 8.05. The van der Waals surface area contributed by atoms with Crippen LogP contribution in [0, 0.1) is 6.92 Å². The summed E-state index contributed by atoms with van der Waals surface area (Å²) in [4.78, 5) is 20.9. The Morgan fingerprint density at radius 3 is 2.70 bits per heavy atom. The van der Waals surface area contributed by atoms with Gasteiger partial charge in [-0.1, -0.05) is 59.8 Å². The monoisotopic (exact) mass is 437 g/mol. The van der Waals surface area contributed by atoms with Crippen LogP contribution in [0.3, 0.4) is 0 Å². The standard InChI is InChI=1S/C23H20ClN3O2S/c1-3-29-20(28)13-30-23-21-18(16-7-5-4-6-8-16)12-27(22(21)25-14-26-23)17-10-9-15(2)19(24)11-17/h4-12,14H,3,13H2,1-2H3. The van der Waals surface area contributed by atoms with Crippen molar-refractivity contribution >= 4 is 40.4 Å². The number of hydrogen-bond donors (Lipinski definition) is 0. The number of halogens is 1. The highest BCUT2D eigenvalue weighted by molar-refractivity contribution is 8.00. The van der Waals surface area contributed by atoms with Crippen molar-refractivity contribution in [2.24, 2.45) is 0 Å². The number of hydrogen-bond acceptors (Lipinski definition) is 5. The average molecular weight is 438 g/mol. The Balaban J connectivity index is 1.89. The molecule has 0 spiro atoms. The fourth-order valence-corrected chi connectivity index (χ4v) is 4.22. The summed E-state index contributed by atoms with van der Waals surface area (Å²) >= 11 is 7.74. The Kier molecular flexibility index (Phi) is 6.06. The number of rotatable bonds is 6. The molecule has 152 valence electrons. The van der Waals surface area contributed by atoms with Crippen LogP contribution in [0.25, 0.3) is 27.8 Å². The van der Waals surface area contributed by atoms with E-state index >= 15 is 0 Å². The molecule has 30 heavy (non-hydrogen) atoms. The van der Waals surface area contributed by atoms with Crippen LogP contribution >= 0.6 is 23.4 Å². The topological polar surface area (TPSA) is 57.0 Å². The lowest BCUT2D eigenvalue weighted by atomic mass is 10.1. The molecule has 0 N–H and O–H groups in total. The zero-order valence-corrected chi connectivity index (χ0v) is 18.2. The Morgan fingerprint density at radius 1 is 1.17 bits per heavy atom. The number of ether oxygens (including phenoxy) is 1. The van der Waals surface area contributed by atoms with Gasteiger partial charge >= 0.3 is 5.97 Å². The van der Waals surface area contributed by atoms with E-state index in [2.05, 4.69) is 9.97 Å². The minimum absolute atomic E-state index is 0.190. The normalized spacial score (nSPS) is 11.0. The molecule has 0 aliphatic rings. The molecule has 0 saturated carbocycles. The van der Waals surface area contributed by atoms with E-state index in [1.54, 1.807) is 6.92 Å². The molecule has 7 heteroatoms. The lowest BCUT2D eigenvalue weighted by Gasteiger charge is -2.07. The van der Waals surface area contributed by atoms with Crippen molar-refractivity contribution in [2.45, 2.75) is 18.9 Å². The molecule has 2 aromatic heterocycles. The minimum Gasteiger partial charge on any atom is -0.465 e. The molecule has 4 rings (SSSR count). The van der Waals surface area contributed by atoms with Gasteiger partial charge in [0.15, 0.2) is 0 Å². The molecular weight excluding hydrogens is 418 g/mol. The first-order chi connectivity index (χ1) is 14.6. The first-order valence-corrected chi connectivity index (χ1v) is 10.9. The van der Waals surface area contributed by atoms with Crippen molar-refractivity contribution in [3.05, 3.63) is 71.6 Å². The summed E-state index contributed by atoms with van der Waals surface area (Å²) in [5.74, 6) is -0.0734. The van der Waals surface area contributed by atoms with Crippen LogP contribution in [0.5, 0.6) is 0 Å². The van der Waals surface area contributed by atoms with E-state index in [-0.39, 0.29) is 11.7 Å². The van der Waals surface area contributed by atoms with Gasteiger partial charge in [0.2, 0.25) is 0 Å². The summed E-state index contributed by atoms with van der Waals surface area (Å²) in [6.07, 6.45) is 3.57. The van der Waals surface area contributed by atoms with Gasteiger partial charge in [0.25, 0.3) is 0 Å². The highest BCUT2D eigenvalue weighted by Gasteiger charge is 2.18. The molecule has 0 aliphatic carbocycles. The lowest BCUT2D eigenvalue weighted by Crippen LogP contribution is -2.06. The molecule has 0 atom stereocenters. The van der Waals surface area contributed by atoms with Gasteiger partial charge in [0.05, 0.1) is 17.7 Å². The van der Waals surface area contributed by atoms with Crippen LogP contribution in [0.15, 0.2) is 66.1 Å². The molecule has 0 radical (unpaired) electrons. The number of thioether (sulfide) groups is 1. The quantitative estimate of drug-likeness (QED) is 0.220. The van der Waals surface area contributed by atoms with Crippen LogP contribution in [0.1, 0.15) is 12.5 Å². The maximum absolute atomic E-state index is 11.9. The molecule has 4 aromatic rings. The van der Waals surface area contributed by atoms with Gasteiger partial charge in [-0.15, -0.1) is 0 Å². The van der Waals surface area contributed by atoms with Crippen LogP contribution in [0.2, 0.25) is 5.02 Å². The van der Waals surface area contributed by atoms with E-state index < -0.39 is 0 Å². The van der Waals surface area contributed by atoms with Crippen LogP contribution in [-0.2, 0) is 9.53 Å². The van der Waals surface area contributed by atoms with Gasteiger partial charge in [-0.3, -0.25) is 4.79 Å². The number of esters is 1. The molecule has 2 aromatic carbocycles. The maximum Gasteiger partial charge on any atom is 0.316 e. The van der Waals surface area contributed by atoms with Gasteiger partial charge in [-0.05, 0) is 37.1 Å². The zero-order valence-electron chi connectivity index (χ0n) is 16.6. The molecule has 0 unspecified atom stereocenters. The number of nitrogens with zero attached hydrogens (tertiary/aromatic N) is 3. The Labute approximate surface area is 184 Å². The highest BCUT2D eigenvalue weighted by atomic mass is 35.5. The van der Waals surface area contributed by atoms with Crippen LogP contribution in [0.4, 0.5) is 0 Å². The number of fused-ring (bicyclic) bond motifs is 1. The fraction of sp³-hybridized carbons (Fsp3) is 0.174. The summed E-state index contributed by atoms with van der Waals surface area (Å²) in [5, 5.41) is 2.33. The Hall–Kier alpha value is -2.83. The number of aromatic nitrogens is 3. The van der Waals surface area contributed by atoms with Gasteiger partial charge in [-0.25, -0.2) is 9.97 Å². The summed E-state index contributed by atoms with van der Waals surface area (Å²) in [6.45, 7) is 4.13. The third kappa shape index (κ3) is 4.06. The maximum atomic E-state index is 11.9. The van der Waals surface area contributed by atoms with Gasteiger partial charge in [0.1, 0.15) is 17.0 Å². The molecule has 0 bridgehead atoms. The molecule has 2 heterocycles. The zero-order chi connectivity index (χ0) is 21.1. The number of aryl methyl sites for hydroxylation is 1. The van der Waals surface area contributed by atoms with Gasteiger partial charge in [-0.2, -0.15) is 0 Å². The largest absolute Gasteiger partial charge is 0.465 e. The molecular formula is C23H20ClN3O2S. The number of carbonyl (C=O) groups is 1. The highest BCUT2D eigenvalue weighted by Crippen LogP contribution is 2.37. The third-order valence-electron chi connectivity index (χ3n) is 4.70. The summed E-state index contributed by atoms with van der Waals surface area (Å²) in [6, 6.07) is 16.0. The van der Waals surface area contributed by atoms with Crippen molar-refractivity contribution in [3.8, 4) is 16.8 Å². The Bertz CT molecular complexity index is 1210.